The van der Waals surface area contributed by atoms with Crippen LogP contribution < -0.4 is 10.2 Å². The topological polar surface area (TPSA) is 81.4 Å². The highest BCUT2D eigenvalue weighted by molar-refractivity contribution is 7.99. The van der Waals surface area contributed by atoms with Crippen molar-refractivity contribution >= 4 is 23.9 Å². The van der Waals surface area contributed by atoms with Gasteiger partial charge in [0.15, 0.2) is 11.0 Å². The van der Waals surface area contributed by atoms with E-state index < -0.39 is 0 Å². The fraction of sp³-hybridized carbons (Fsp3) is 0.304. The number of benzene rings is 2. The van der Waals surface area contributed by atoms with E-state index in [4.69, 9.17) is 4.74 Å². The smallest absolute Gasteiger partial charge is 0.250 e. The molecule has 0 saturated heterocycles. The summed E-state index contributed by atoms with van der Waals surface area (Å²) < 4.78 is 7.56. The van der Waals surface area contributed by atoms with Crippen LogP contribution in [0.15, 0.2) is 58.8 Å². The Hall–Kier alpha value is -3.13. The van der Waals surface area contributed by atoms with Gasteiger partial charge in [-0.25, -0.2) is 5.43 Å². The summed E-state index contributed by atoms with van der Waals surface area (Å²) in [6.45, 7) is 7.56. The Bertz CT molecular complexity index is 1010. The molecular weight excluding hydrogens is 410 g/mol. The van der Waals surface area contributed by atoms with Crippen molar-refractivity contribution < 1.29 is 9.53 Å². The van der Waals surface area contributed by atoms with Crippen LogP contribution in [0.2, 0.25) is 0 Å². The SMILES string of the molecule is CCCOc1ccc(C=NNC(=O)CSc2nnc(-c3ccc(C)cc3)n2CC)cc1. The van der Waals surface area contributed by atoms with E-state index in [-0.39, 0.29) is 11.7 Å². The molecule has 0 aliphatic carbocycles. The number of amides is 1. The van der Waals surface area contributed by atoms with Gasteiger partial charge in [-0.1, -0.05) is 48.5 Å². The zero-order valence-corrected chi connectivity index (χ0v) is 18.9. The lowest BCUT2D eigenvalue weighted by Gasteiger charge is -2.07. The Morgan fingerprint density at radius 1 is 1.13 bits per heavy atom. The molecule has 1 heterocycles. The van der Waals surface area contributed by atoms with Gasteiger partial charge in [-0.15, -0.1) is 10.2 Å². The highest BCUT2D eigenvalue weighted by Crippen LogP contribution is 2.24. The highest BCUT2D eigenvalue weighted by atomic mass is 32.2. The molecule has 0 radical (unpaired) electrons. The van der Waals surface area contributed by atoms with E-state index in [9.17, 15) is 4.79 Å². The maximum Gasteiger partial charge on any atom is 0.250 e. The van der Waals surface area contributed by atoms with Crippen molar-refractivity contribution in [2.75, 3.05) is 12.4 Å². The molecule has 0 unspecified atom stereocenters. The third kappa shape index (κ3) is 6.42. The van der Waals surface area contributed by atoms with E-state index in [1.54, 1.807) is 6.21 Å². The van der Waals surface area contributed by atoms with E-state index in [2.05, 4.69) is 27.6 Å². The molecule has 1 amide bonds. The average Bonchev–Trinajstić information content (AvgIpc) is 3.20. The summed E-state index contributed by atoms with van der Waals surface area (Å²) in [6.07, 6.45) is 2.57. The summed E-state index contributed by atoms with van der Waals surface area (Å²) in [6, 6.07) is 15.7. The first-order valence-electron chi connectivity index (χ1n) is 10.3. The minimum atomic E-state index is -0.202. The van der Waals surface area contributed by atoms with Gasteiger partial charge < -0.3 is 9.30 Å². The molecular formula is C23H27N5O2S. The number of nitrogens with zero attached hydrogens (tertiary/aromatic N) is 4. The van der Waals surface area contributed by atoms with E-state index in [0.717, 1.165) is 35.7 Å². The molecule has 2 aromatic carbocycles. The molecule has 0 fully saturated rings. The molecule has 0 aliphatic rings. The fourth-order valence-electron chi connectivity index (χ4n) is 2.81. The van der Waals surface area contributed by atoms with Crippen LogP contribution in [-0.4, -0.2) is 39.2 Å². The highest BCUT2D eigenvalue weighted by Gasteiger charge is 2.14. The van der Waals surface area contributed by atoms with E-state index in [0.29, 0.717) is 11.8 Å². The van der Waals surface area contributed by atoms with Gasteiger partial charge in [-0.05, 0) is 50.1 Å². The summed E-state index contributed by atoms with van der Waals surface area (Å²) in [5.74, 6) is 1.62. The Labute approximate surface area is 186 Å². The number of hydrazone groups is 1. The number of aromatic nitrogens is 3. The van der Waals surface area contributed by atoms with Crippen LogP contribution in [0.5, 0.6) is 5.75 Å². The minimum absolute atomic E-state index is 0.202. The van der Waals surface area contributed by atoms with Crippen molar-refractivity contribution in [1.29, 1.82) is 0 Å². The van der Waals surface area contributed by atoms with Gasteiger partial charge in [0.2, 0.25) is 0 Å². The summed E-state index contributed by atoms with van der Waals surface area (Å²) >= 11 is 1.34. The molecule has 3 aromatic rings. The van der Waals surface area contributed by atoms with E-state index >= 15 is 0 Å². The summed E-state index contributed by atoms with van der Waals surface area (Å²) in [5, 5.41) is 13.3. The molecule has 31 heavy (non-hydrogen) atoms. The average molecular weight is 438 g/mol. The zero-order valence-electron chi connectivity index (χ0n) is 18.0. The van der Waals surface area contributed by atoms with Crippen LogP contribution in [0, 0.1) is 6.92 Å². The van der Waals surface area contributed by atoms with E-state index in [1.807, 2.05) is 66.9 Å². The van der Waals surface area contributed by atoms with Gasteiger partial charge >= 0.3 is 0 Å². The molecule has 8 heteroatoms. The first-order chi connectivity index (χ1) is 15.1. The van der Waals surface area contributed by atoms with Gasteiger partial charge in [-0.3, -0.25) is 4.79 Å². The van der Waals surface area contributed by atoms with Gasteiger partial charge in [0.05, 0.1) is 18.6 Å². The largest absolute Gasteiger partial charge is 0.494 e. The second-order valence-corrected chi connectivity index (χ2v) is 7.86. The molecule has 3 rings (SSSR count). The van der Waals surface area contributed by atoms with Gasteiger partial charge in [-0.2, -0.15) is 5.10 Å². The molecule has 162 valence electrons. The number of hydrogen-bond acceptors (Lipinski definition) is 6. The molecule has 1 aromatic heterocycles. The number of rotatable bonds is 10. The van der Waals surface area contributed by atoms with Crippen LogP contribution in [0.4, 0.5) is 0 Å². The van der Waals surface area contributed by atoms with Crippen molar-refractivity contribution in [2.45, 2.75) is 38.9 Å². The lowest BCUT2D eigenvalue weighted by Crippen LogP contribution is -2.20. The third-order valence-electron chi connectivity index (χ3n) is 4.43. The van der Waals surface area contributed by atoms with Crippen LogP contribution in [0.3, 0.4) is 0 Å². The minimum Gasteiger partial charge on any atom is -0.494 e. The number of hydrogen-bond donors (Lipinski definition) is 1. The molecule has 0 bridgehead atoms. The zero-order chi connectivity index (χ0) is 22.1. The first kappa shape index (κ1) is 22.6. The van der Waals surface area contributed by atoms with Crippen LogP contribution in [0.1, 0.15) is 31.4 Å². The van der Waals surface area contributed by atoms with Crippen LogP contribution in [0.25, 0.3) is 11.4 Å². The lowest BCUT2D eigenvalue weighted by atomic mass is 10.1. The predicted octanol–water partition coefficient (Wildman–Crippen LogP) is 4.30. The maximum absolute atomic E-state index is 12.2. The summed E-state index contributed by atoms with van der Waals surface area (Å²) in [7, 11) is 0. The van der Waals surface area contributed by atoms with Crippen molar-refractivity contribution in [3.8, 4) is 17.1 Å². The Balaban J connectivity index is 1.52. The molecule has 0 spiro atoms. The van der Waals surface area contributed by atoms with Crippen molar-refractivity contribution in [3.05, 3.63) is 59.7 Å². The number of ether oxygens (including phenoxy) is 1. The standard InChI is InChI=1S/C23H27N5O2S/c1-4-14-30-20-12-8-18(9-13-20)15-24-25-21(29)16-31-23-27-26-22(28(23)5-2)19-10-6-17(3)7-11-19/h6-13,15H,4-5,14,16H2,1-3H3,(H,25,29). The van der Waals surface area contributed by atoms with Crippen molar-refractivity contribution in [1.82, 2.24) is 20.2 Å². The maximum atomic E-state index is 12.2. The summed E-state index contributed by atoms with van der Waals surface area (Å²) in [5.41, 5.74) is 5.63. The van der Waals surface area contributed by atoms with Gasteiger partial charge in [0.25, 0.3) is 5.91 Å². The van der Waals surface area contributed by atoms with Crippen LogP contribution in [-0.2, 0) is 11.3 Å². The lowest BCUT2D eigenvalue weighted by molar-refractivity contribution is -0.118. The third-order valence-corrected chi connectivity index (χ3v) is 5.40. The normalized spacial score (nSPS) is 11.1. The van der Waals surface area contributed by atoms with Gasteiger partial charge in [0.1, 0.15) is 5.75 Å². The monoisotopic (exact) mass is 437 g/mol. The second-order valence-electron chi connectivity index (χ2n) is 6.92. The number of aryl methyl sites for hydroxylation is 1. The van der Waals surface area contributed by atoms with Crippen molar-refractivity contribution in [2.24, 2.45) is 5.10 Å². The summed E-state index contributed by atoms with van der Waals surface area (Å²) in [4.78, 5) is 12.2. The van der Waals surface area contributed by atoms with Gasteiger partial charge in [0, 0.05) is 12.1 Å². The van der Waals surface area contributed by atoms with Crippen LogP contribution >= 0.6 is 11.8 Å². The predicted molar refractivity (Wildman–Crippen MR) is 125 cm³/mol. The van der Waals surface area contributed by atoms with Crippen molar-refractivity contribution in [3.63, 3.8) is 0 Å². The first-order valence-corrected chi connectivity index (χ1v) is 11.3. The Morgan fingerprint density at radius 2 is 1.87 bits per heavy atom. The Kier molecular flexibility index (Phi) is 8.23. The molecule has 1 N–H and O–H groups in total. The number of thioether (sulfide) groups is 1. The molecule has 0 saturated carbocycles. The number of nitrogens with one attached hydrogen (secondary N) is 1. The molecule has 0 atom stereocenters. The Morgan fingerprint density at radius 3 is 2.55 bits per heavy atom. The van der Waals surface area contributed by atoms with E-state index in [1.165, 1.54) is 17.3 Å². The number of carbonyl (C=O) groups excluding carboxylic acids is 1. The second kappa shape index (κ2) is 11.3. The fourth-order valence-corrected chi connectivity index (χ4v) is 3.60. The quantitative estimate of drug-likeness (QED) is 0.290. The molecule has 0 aliphatic heterocycles. The number of carbonyl (C=O) groups is 1. The molecule has 7 nitrogen and oxygen atoms in total.